The molecule has 0 saturated carbocycles. The second-order valence-corrected chi connectivity index (χ2v) is 3.37. The summed E-state index contributed by atoms with van der Waals surface area (Å²) in [6, 6.07) is 3.17. The molecule has 4 N–H and O–H groups in total. The fourth-order valence-electron chi connectivity index (χ4n) is 1.25. The Morgan fingerprint density at radius 3 is 2.75 bits per heavy atom. The molecule has 86 valence electrons. The lowest BCUT2D eigenvalue weighted by molar-refractivity contribution is -0.118. The molecular weight excluding hydrogens is 208 g/mol. The summed E-state index contributed by atoms with van der Waals surface area (Å²) in [5, 5.41) is 0. The van der Waals surface area contributed by atoms with Crippen LogP contribution in [0.2, 0.25) is 0 Å². The first-order chi connectivity index (χ1) is 7.54. The topological polar surface area (TPSA) is 102 Å². The molecule has 16 heavy (non-hydrogen) atoms. The van der Waals surface area contributed by atoms with Gasteiger partial charge in [-0.3, -0.25) is 14.6 Å². The van der Waals surface area contributed by atoms with Crippen molar-refractivity contribution >= 4 is 11.8 Å². The van der Waals surface area contributed by atoms with Crippen LogP contribution >= 0.6 is 0 Å². The molecule has 0 fully saturated rings. The largest absolute Gasteiger partial charge is 0.368 e. The predicted molar refractivity (Wildman–Crippen MR) is 58.3 cm³/mol. The summed E-state index contributed by atoms with van der Waals surface area (Å²) >= 11 is 0. The van der Waals surface area contributed by atoms with Crippen molar-refractivity contribution in [1.82, 2.24) is 9.88 Å². The highest BCUT2D eigenvalue weighted by Crippen LogP contribution is 2.04. The van der Waals surface area contributed by atoms with Crippen LogP contribution in [0.15, 0.2) is 18.3 Å². The second-order valence-electron chi connectivity index (χ2n) is 3.37. The maximum absolute atomic E-state index is 11.8. The zero-order valence-electron chi connectivity index (χ0n) is 9.01. The average molecular weight is 222 g/mol. The third-order valence-corrected chi connectivity index (χ3v) is 2.01. The molecule has 0 aliphatic rings. The number of primary amides is 1. The first-order valence-electron chi connectivity index (χ1n) is 4.73. The van der Waals surface area contributed by atoms with Gasteiger partial charge in [-0.2, -0.15) is 0 Å². The van der Waals surface area contributed by atoms with E-state index in [9.17, 15) is 9.59 Å². The van der Waals surface area contributed by atoms with Gasteiger partial charge in [0.25, 0.3) is 5.91 Å². The van der Waals surface area contributed by atoms with E-state index in [1.54, 1.807) is 12.1 Å². The number of carbonyl (C=O) groups is 2. The third-order valence-electron chi connectivity index (χ3n) is 2.01. The van der Waals surface area contributed by atoms with Crippen LogP contribution in [-0.2, 0) is 11.3 Å². The van der Waals surface area contributed by atoms with E-state index < -0.39 is 5.91 Å². The Morgan fingerprint density at radius 2 is 2.19 bits per heavy atom. The van der Waals surface area contributed by atoms with Gasteiger partial charge in [-0.15, -0.1) is 0 Å². The number of hydrogen-bond acceptors (Lipinski definition) is 4. The van der Waals surface area contributed by atoms with E-state index in [0.29, 0.717) is 11.3 Å². The van der Waals surface area contributed by atoms with Crippen molar-refractivity contribution in [2.45, 2.75) is 6.54 Å². The molecule has 0 spiro atoms. The lowest BCUT2D eigenvalue weighted by atomic mass is 10.2. The first kappa shape index (κ1) is 12.1. The van der Waals surface area contributed by atoms with Gasteiger partial charge in [0.05, 0.1) is 12.2 Å². The number of nitrogens with zero attached hydrogens (tertiary/aromatic N) is 2. The number of aromatic nitrogens is 1. The van der Waals surface area contributed by atoms with Crippen LogP contribution in [0, 0.1) is 0 Å². The maximum atomic E-state index is 11.8. The van der Waals surface area contributed by atoms with E-state index in [-0.39, 0.29) is 19.0 Å². The summed E-state index contributed by atoms with van der Waals surface area (Å²) in [5.74, 6) is -0.833. The molecule has 0 aromatic carbocycles. The monoisotopic (exact) mass is 222 g/mol. The van der Waals surface area contributed by atoms with Gasteiger partial charge < -0.3 is 16.4 Å². The van der Waals surface area contributed by atoms with Gasteiger partial charge in [-0.1, -0.05) is 0 Å². The summed E-state index contributed by atoms with van der Waals surface area (Å²) in [6.07, 6.45) is 1.51. The average Bonchev–Trinajstić information content (AvgIpc) is 2.27. The van der Waals surface area contributed by atoms with E-state index in [0.717, 1.165) is 0 Å². The number of amides is 2. The smallest absolute Gasteiger partial charge is 0.254 e. The molecule has 6 nitrogen and oxygen atoms in total. The van der Waals surface area contributed by atoms with Crippen LogP contribution in [0.1, 0.15) is 16.1 Å². The Kier molecular flexibility index (Phi) is 3.96. The molecule has 0 aliphatic heterocycles. The van der Waals surface area contributed by atoms with Gasteiger partial charge >= 0.3 is 0 Å². The van der Waals surface area contributed by atoms with Crippen molar-refractivity contribution in [2.24, 2.45) is 11.5 Å². The molecule has 1 aromatic rings. The molecule has 0 bridgehead atoms. The number of rotatable bonds is 4. The van der Waals surface area contributed by atoms with Crippen LogP contribution in [0.25, 0.3) is 0 Å². The standard InChI is InChI=1S/C10H14N4O2/c1-14(6-9(12)15)10(16)7-2-3-13-8(4-7)5-11/h2-4H,5-6,11H2,1H3,(H2,12,15). The number of carbonyl (C=O) groups excluding carboxylic acids is 2. The highest BCUT2D eigenvalue weighted by Gasteiger charge is 2.13. The molecule has 6 heteroatoms. The number of hydrogen-bond donors (Lipinski definition) is 2. The van der Waals surface area contributed by atoms with E-state index >= 15 is 0 Å². The quantitative estimate of drug-likeness (QED) is 0.689. The Bertz CT molecular complexity index is 406. The normalized spacial score (nSPS) is 9.88. The minimum absolute atomic E-state index is 0.112. The number of likely N-dealkylation sites (N-methyl/N-ethyl adjacent to an activating group) is 1. The second kappa shape index (κ2) is 5.22. The van der Waals surface area contributed by atoms with Crippen LogP contribution in [0.4, 0.5) is 0 Å². The Labute approximate surface area is 93.2 Å². The van der Waals surface area contributed by atoms with Crippen LogP contribution in [0.3, 0.4) is 0 Å². The first-order valence-corrected chi connectivity index (χ1v) is 4.73. The third kappa shape index (κ3) is 3.03. The van der Waals surface area contributed by atoms with Gasteiger partial charge in [-0.05, 0) is 12.1 Å². The maximum Gasteiger partial charge on any atom is 0.254 e. The fraction of sp³-hybridized carbons (Fsp3) is 0.300. The highest BCUT2D eigenvalue weighted by atomic mass is 16.2. The van der Waals surface area contributed by atoms with Crippen molar-refractivity contribution in [2.75, 3.05) is 13.6 Å². The zero-order valence-corrected chi connectivity index (χ0v) is 9.01. The molecule has 1 heterocycles. The highest BCUT2D eigenvalue weighted by molar-refractivity contribution is 5.96. The predicted octanol–water partition coefficient (Wildman–Crippen LogP) is -0.902. The summed E-state index contributed by atoms with van der Waals surface area (Å²) in [5.41, 5.74) is 11.5. The van der Waals surface area contributed by atoms with E-state index in [1.807, 2.05) is 0 Å². The molecule has 1 rings (SSSR count). The number of pyridine rings is 1. The van der Waals surface area contributed by atoms with Crippen molar-refractivity contribution in [3.05, 3.63) is 29.6 Å². The van der Waals surface area contributed by atoms with Crippen molar-refractivity contribution in [3.8, 4) is 0 Å². The SMILES string of the molecule is CN(CC(N)=O)C(=O)c1ccnc(CN)c1. The molecule has 0 atom stereocenters. The molecule has 0 unspecified atom stereocenters. The molecule has 0 radical (unpaired) electrons. The summed E-state index contributed by atoms with van der Waals surface area (Å²) in [4.78, 5) is 27.7. The zero-order chi connectivity index (χ0) is 12.1. The van der Waals surface area contributed by atoms with E-state index in [2.05, 4.69) is 4.98 Å². The van der Waals surface area contributed by atoms with Crippen LogP contribution < -0.4 is 11.5 Å². The lowest BCUT2D eigenvalue weighted by Crippen LogP contribution is -2.35. The van der Waals surface area contributed by atoms with Crippen LogP contribution in [0.5, 0.6) is 0 Å². The minimum atomic E-state index is -0.552. The molecule has 0 saturated heterocycles. The van der Waals surface area contributed by atoms with Gasteiger partial charge in [0.15, 0.2) is 0 Å². The fourth-order valence-corrected chi connectivity index (χ4v) is 1.25. The Hall–Kier alpha value is -1.95. The van der Waals surface area contributed by atoms with Gasteiger partial charge in [0.2, 0.25) is 5.91 Å². The van der Waals surface area contributed by atoms with Crippen molar-refractivity contribution in [3.63, 3.8) is 0 Å². The summed E-state index contributed by atoms with van der Waals surface area (Å²) in [6.45, 7) is 0.153. The number of nitrogens with two attached hydrogens (primary N) is 2. The molecular formula is C10H14N4O2. The van der Waals surface area contributed by atoms with Gasteiger partial charge in [-0.25, -0.2) is 0 Å². The van der Waals surface area contributed by atoms with Gasteiger partial charge in [0, 0.05) is 25.4 Å². The Balaban J connectivity index is 2.83. The van der Waals surface area contributed by atoms with Crippen molar-refractivity contribution < 1.29 is 9.59 Å². The van der Waals surface area contributed by atoms with E-state index in [4.69, 9.17) is 11.5 Å². The van der Waals surface area contributed by atoms with E-state index in [1.165, 1.54) is 18.1 Å². The summed E-state index contributed by atoms with van der Waals surface area (Å²) in [7, 11) is 1.51. The summed E-state index contributed by atoms with van der Waals surface area (Å²) < 4.78 is 0. The van der Waals surface area contributed by atoms with Gasteiger partial charge in [0.1, 0.15) is 0 Å². The molecule has 2 amide bonds. The van der Waals surface area contributed by atoms with Crippen LogP contribution in [-0.4, -0.2) is 35.3 Å². The lowest BCUT2D eigenvalue weighted by Gasteiger charge is -2.15. The minimum Gasteiger partial charge on any atom is -0.368 e. The molecule has 0 aliphatic carbocycles. The van der Waals surface area contributed by atoms with Crippen molar-refractivity contribution in [1.29, 1.82) is 0 Å². The molecule has 1 aromatic heterocycles. The Morgan fingerprint density at radius 1 is 1.50 bits per heavy atom.